The summed E-state index contributed by atoms with van der Waals surface area (Å²) in [6.07, 6.45) is 3.37. The maximum atomic E-state index is 12.7. The highest BCUT2D eigenvalue weighted by molar-refractivity contribution is 5.93. The van der Waals surface area contributed by atoms with Gasteiger partial charge in [-0.2, -0.15) is 10.1 Å². The van der Waals surface area contributed by atoms with E-state index in [1.807, 2.05) is 32.9 Å². The lowest BCUT2D eigenvalue weighted by Gasteiger charge is -2.17. The van der Waals surface area contributed by atoms with Gasteiger partial charge in [0, 0.05) is 30.4 Å². The molecule has 0 aromatic carbocycles. The second-order valence-electron chi connectivity index (χ2n) is 5.92. The summed E-state index contributed by atoms with van der Waals surface area (Å²) >= 11 is 0. The van der Waals surface area contributed by atoms with Gasteiger partial charge in [-0.1, -0.05) is 19.0 Å². The molecule has 130 valence electrons. The van der Waals surface area contributed by atoms with Crippen LogP contribution in [-0.4, -0.2) is 42.7 Å². The fourth-order valence-corrected chi connectivity index (χ4v) is 2.33. The van der Waals surface area contributed by atoms with E-state index in [4.69, 9.17) is 4.52 Å². The van der Waals surface area contributed by atoms with E-state index in [0.29, 0.717) is 29.6 Å². The van der Waals surface area contributed by atoms with Crippen molar-refractivity contribution in [1.29, 1.82) is 0 Å². The van der Waals surface area contributed by atoms with Gasteiger partial charge in [0.25, 0.3) is 5.91 Å². The van der Waals surface area contributed by atoms with Gasteiger partial charge < -0.3 is 9.42 Å². The molecule has 1 amide bonds. The zero-order chi connectivity index (χ0) is 17.8. The first-order valence-corrected chi connectivity index (χ1v) is 8.16. The lowest BCUT2D eigenvalue weighted by Crippen LogP contribution is -2.30. The summed E-state index contributed by atoms with van der Waals surface area (Å²) in [6.45, 7) is 6.66. The number of nitrogens with zero attached hydrogens (tertiary/aromatic N) is 5. The van der Waals surface area contributed by atoms with Crippen LogP contribution in [0.3, 0.4) is 0 Å². The Morgan fingerprint density at radius 3 is 2.72 bits per heavy atom. The first-order valence-electron chi connectivity index (χ1n) is 8.16. The number of carbonyl (C=O) groups is 1. The monoisotopic (exact) mass is 340 g/mol. The molecule has 1 N–H and O–H groups in total. The molecular weight excluding hydrogens is 320 g/mol. The van der Waals surface area contributed by atoms with Gasteiger partial charge in [0.2, 0.25) is 5.89 Å². The van der Waals surface area contributed by atoms with Crippen LogP contribution in [0.4, 0.5) is 0 Å². The molecule has 0 radical (unpaired) electrons. The second kappa shape index (κ2) is 7.25. The molecule has 25 heavy (non-hydrogen) atoms. The van der Waals surface area contributed by atoms with Crippen LogP contribution in [0.15, 0.2) is 35.1 Å². The first kappa shape index (κ1) is 16.8. The third-order valence-corrected chi connectivity index (χ3v) is 3.78. The number of nitrogens with one attached hydrogen (secondary N) is 1. The molecular formula is C17H20N6O2. The molecule has 0 saturated carbocycles. The molecule has 3 rings (SSSR count). The number of H-pyrrole nitrogens is 1. The SMILES string of the molecule is CCN(Cc1nc(C(C)C)no1)C(=O)c1cc(-c2ccncc2)n[nH]1. The Morgan fingerprint density at radius 2 is 2.08 bits per heavy atom. The van der Waals surface area contributed by atoms with Crippen molar-refractivity contribution in [3.8, 4) is 11.3 Å². The number of aromatic amines is 1. The molecule has 0 fully saturated rings. The fourth-order valence-electron chi connectivity index (χ4n) is 2.33. The topological polar surface area (TPSA) is 101 Å². The smallest absolute Gasteiger partial charge is 0.272 e. The fraction of sp³-hybridized carbons (Fsp3) is 0.353. The van der Waals surface area contributed by atoms with Gasteiger partial charge in [-0.15, -0.1) is 0 Å². The molecule has 0 spiro atoms. The molecule has 8 heteroatoms. The number of aromatic nitrogens is 5. The second-order valence-corrected chi connectivity index (χ2v) is 5.92. The largest absolute Gasteiger partial charge is 0.337 e. The zero-order valence-electron chi connectivity index (χ0n) is 14.4. The molecule has 0 atom stereocenters. The minimum absolute atomic E-state index is 0.167. The Labute approximate surface area is 145 Å². The number of rotatable bonds is 6. The van der Waals surface area contributed by atoms with E-state index < -0.39 is 0 Å². The van der Waals surface area contributed by atoms with Crippen LogP contribution in [0.2, 0.25) is 0 Å². The van der Waals surface area contributed by atoms with Crippen LogP contribution in [0.25, 0.3) is 11.3 Å². The van der Waals surface area contributed by atoms with Crippen LogP contribution < -0.4 is 0 Å². The minimum Gasteiger partial charge on any atom is -0.337 e. The Bertz CT molecular complexity index is 840. The van der Waals surface area contributed by atoms with Gasteiger partial charge in [0.1, 0.15) is 12.2 Å². The Hall–Kier alpha value is -3.03. The van der Waals surface area contributed by atoms with Crippen molar-refractivity contribution in [3.63, 3.8) is 0 Å². The lowest BCUT2D eigenvalue weighted by molar-refractivity contribution is 0.0728. The van der Waals surface area contributed by atoms with Crippen LogP contribution >= 0.6 is 0 Å². The summed E-state index contributed by atoms with van der Waals surface area (Å²) in [5.74, 6) is 1.08. The molecule has 8 nitrogen and oxygen atoms in total. The molecule has 0 bridgehead atoms. The molecule has 0 aliphatic carbocycles. The Balaban J connectivity index is 1.75. The molecule has 3 aromatic heterocycles. The standard InChI is InChI=1S/C17H20N6O2/c1-4-23(10-15-19-16(11(2)3)22-25-15)17(24)14-9-13(20-21-14)12-5-7-18-8-6-12/h5-9,11H,4,10H2,1-3H3,(H,20,21). The highest BCUT2D eigenvalue weighted by atomic mass is 16.5. The third-order valence-electron chi connectivity index (χ3n) is 3.78. The predicted molar refractivity (Wildman–Crippen MR) is 90.6 cm³/mol. The highest BCUT2D eigenvalue weighted by Gasteiger charge is 2.20. The summed E-state index contributed by atoms with van der Waals surface area (Å²) in [4.78, 5) is 22.6. The average Bonchev–Trinajstić information content (AvgIpc) is 3.29. The molecule has 3 aromatic rings. The van der Waals surface area contributed by atoms with Crippen molar-refractivity contribution in [3.05, 3.63) is 48.0 Å². The number of hydrogen-bond donors (Lipinski definition) is 1. The maximum absolute atomic E-state index is 12.7. The van der Waals surface area contributed by atoms with E-state index in [1.54, 1.807) is 23.4 Å². The number of amides is 1. The van der Waals surface area contributed by atoms with E-state index in [1.165, 1.54) is 0 Å². The van der Waals surface area contributed by atoms with E-state index in [9.17, 15) is 4.79 Å². The zero-order valence-corrected chi connectivity index (χ0v) is 14.4. The average molecular weight is 340 g/mol. The van der Waals surface area contributed by atoms with Crippen LogP contribution in [-0.2, 0) is 6.54 Å². The summed E-state index contributed by atoms with van der Waals surface area (Å²) in [5.41, 5.74) is 2.01. The van der Waals surface area contributed by atoms with Crippen molar-refractivity contribution < 1.29 is 9.32 Å². The van der Waals surface area contributed by atoms with Crippen molar-refractivity contribution in [2.75, 3.05) is 6.54 Å². The quantitative estimate of drug-likeness (QED) is 0.740. The van der Waals surface area contributed by atoms with Crippen molar-refractivity contribution in [2.45, 2.75) is 33.2 Å². The first-order chi connectivity index (χ1) is 12.1. The van der Waals surface area contributed by atoms with Gasteiger partial charge in [-0.25, -0.2) is 0 Å². The van der Waals surface area contributed by atoms with Crippen molar-refractivity contribution in [1.82, 2.24) is 30.2 Å². The molecule has 0 unspecified atom stereocenters. The van der Waals surface area contributed by atoms with Crippen molar-refractivity contribution in [2.24, 2.45) is 0 Å². The van der Waals surface area contributed by atoms with E-state index in [0.717, 1.165) is 5.56 Å². The highest BCUT2D eigenvalue weighted by Crippen LogP contribution is 2.18. The van der Waals surface area contributed by atoms with Gasteiger partial charge in [0.05, 0.1) is 5.69 Å². The van der Waals surface area contributed by atoms with Crippen LogP contribution in [0.1, 0.15) is 48.9 Å². The van der Waals surface area contributed by atoms with E-state index in [2.05, 4.69) is 25.3 Å². The van der Waals surface area contributed by atoms with Crippen LogP contribution in [0, 0.1) is 0 Å². The van der Waals surface area contributed by atoms with Gasteiger partial charge in [0.15, 0.2) is 5.82 Å². The number of carbonyl (C=O) groups excluding carboxylic acids is 1. The van der Waals surface area contributed by atoms with Crippen molar-refractivity contribution >= 4 is 5.91 Å². The van der Waals surface area contributed by atoms with Crippen LogP contribution in [0.5, 0.6) is 0 Å². The Kier molecular flexibility index (Phi) is 4.87. The molecule has 0 aliphatic heterocycles. The number of pyridine rings is 1. The predicted octanol–water partition coefficient (Wildman–Crippen LogP) is 2.64. The van der Waals surface area contributed by atoms with E-state index >= 15 is 0 Å². The minimum atomic E-state index is -0.167. The summed E-state index contributed by atoms with van der Waals surface area (Å²) in [7, 11) is 0. The van der Waals surface area contributed by atoms with Gasteiger partial charge >= 0.3 is 0 Å². The summed E-state index contributed by atoms with van der Waals surface area (Å²) < 4.78 is 5.23. The molecule has 3 heterocycles. The summed E-state index contributed by atoms with van der Waals surface area (Å²) in [6, 6.07) is 5.41. The maximum Gasteiger partial charge on any atom is 0.272 e. The molecule has 0 saturated heterocycles. The number of hydrogen-bond acceptors (Lipinski definition) is 6. The van der Waals surface area contributed by atoms with E-state index in [-0.39, 0.29) is 18.4 Å². The normalized spacial score (nSPS) is 11.0. The lowest BCUT2D eigenvalue weighted by atomic mass is 10.2. The van der Waals surface area contributed by atoms with Gasteiger partial charge in [-0.3, -0.25) is 14.9 Å². The summed E-state index contributed by atoms with van der Waals surface area (Å²) in [5, 5.41) is 10.9. The van der Waals surface area contributed by atoms with Gasteiger partial charge in [-0.05, 0) is 25.1 Å². The molecule has 0 aliphatic rings. The Morgan fingerprint density at radius 1 is 1.32 bits per heavy atom. The third kappa shape index (κ3) is 3.73.